The van der Waals surface area contributed by atoms with Crippen molar-refractivity contribution < 1.29 is 4.92 Å². The topological polar surface area (TPSA) is 46.4 Å². The highest BCUT2D eigenvalue weighted by molar-refractivity contribution is 9.10. The normalized spacial score (nSPS) is 10.6. The van der Waals surface area contributed by atoms with E-state index in [0.717, 1.165) is 0 Å². The fourth-order valence-electron chi connectivity index (χ4n) is 1.05. The molecule has 0 saturated carbocycles. The Morgan fingerprint density at radius 2 is 2.13 bits per heavy atom. The van der Waals surface area contributed by atoms with Crippen LogP contribution in [0.2, 0.25) is 0 Å². The smallest absolute Gasteiger partial charge is 0.277 e. The summed E-state index contributed by atoms with van der Waals surface area (Å²) >= 11 is 3.21. The Morgan fingerprint density at radius 3 is 2.67 bits per heavy atom. The molecule has 0 spiro atoms. The van der Waals surface area contributed by atoms with Crippen molar-refractivity contribution in [3.05, 3.63) is 44.5 Å². The molecule has 5 heteroatoms. The zero-order valence-corrected chi connectivity index (χ0v) is 10.1. The van der Waals surface area contributed by atoms with Crippen molar-refractivity contribution in [1.82, 2.24) is 4.90 Å². The van der Waals surface area contributed by atoms with Crippen LogP contribution in [0.1, 0.15) is 5.56 Å². The van der Waals surface area contributed by atoms with E-state index < -0.39 is 0 Å². The first-order valence-corrected chi connectivity index (χ1v) is 5.08. The zero-order chi connectivity index (χ0) is 11.4. The van der Waals surface area contributed by atoms with Crippen LogP contribution in [0, 0.1) is 10.1 Å². The van der Waals surface area contributed by atoms with Gasteiger partial charge < -0.3 is 4.90 Å². The number of halogens is 1. The average molecular weight is 271 g/mol. The van der Waals surface area contributed by atoms with Gasteiger partial charge in [-0.05, 0) is 24.4 Å². The summed E-state index contributed by atoms with van der Waals surface area (Å²) in [6.45, 7) is 0. The van der Waals surface area contributed by atoms with Crippen LogP contribution < -0.4 is 0 Å². The molecule has 0 N–H and O–H groups in total. The van der Waals surface area contributed by atoms with Gasteiger partial charge in [-0.15, -0.1) is 0 Å². The summed E-state index contributed by atoms with van der Waals surface area (Å²) in [6.07, 6.45) is 3.49. The molecule has 0 aliphatic carbocycles. The third kappa shape index (κ3) is 3.36. The lowest BCUT2D eigenvalue weighted by Crippen LogP contribution is -2.00. The number of nitrogens with zero attached hydrogens (tertiary/aromatic N) is 2. The van der Waals surface area contributed by atoms with Crippen molar-refractivity contribution in [2.24, 2.45) is 0 Å². The maximum atomic E-state index is 10.8. The van der Waals surface area contributed by atoms with Gasteiger partial charge in [0.15, 0.2) is 0 Å². The van der Waals surface area contributed by atoms with E-state index in [0.29, 0.717) is 10.0 Å². The highest BCUT2D eigenvalue weighted by Gasteiger charge is 2.11. The van der Waals surface area contributed by atoms with Gasteiger partial charge in [-0.3, -0.25) is 10.1 Å². The third-order valence-corrected chi connectivity index (χ3v) is 2.23. The maximum Gasteiger partial charge on any atom is 0.277 e. The highest BCUT2D eigenvalue weighted by Crippen LogP contribution is 2.24. The Kier molecular flexibility index (Phi) is 3.85. The van der Waals surface area contributed by atoms with Gasteiger partial charge in [0, 0.05) is 24.6 Å². The number of rotatable bonds is 3. The standard InChI is InChI=1S/C10H11BrN2O2/c1-12(2)6-5-8-3-4-9(11)7-10(8)13(14)15/h3-7H,1-2H3/b6-5+. The van der Waals surface area contributed by atoms with Crippen molar-refractivity contribution in [2.75, 3.05) is 14.1 Å². The molecule has 0 aromatic heterocycles. The summed E-state index contributed by atoms with van der Waals surface area (Å²) in [5.41, 5.74) is 0.694. The molecule has 1 aromatic rings. The molecule has 0 aliphatic heterocycles. The molecular formula is C10H11BrN2O2. The first kappa shape index (κ1) is 11.7. The second kappa shape index (κ2) is 4.93. The first-order valence-electron chi connectivity index (χ1n) is 4.29. The van der Waals surface area contributed by atoms with Crippen LogP contribution in [0.5, 0.6) is 0 Å². The Hall–Kier alpha value is -1.36. The van der Waals surface area contributed by atoms with Gasteiger partial charge in [-0.2, -0.15) is 0 Å². The lowest BCUT2D eigenvalue weighted by molar-refractivity contribution is -0.385. The first-order chi connectivity index (χ1) is 7.00. The molecule has 0 fully saturated rings. The van der Waals surface area contributed by atoms with E-state index in [2.05, 4.69) is 15.9 Å². The van der Waals surface area contributed by atoms with Crippen LogP contribution in [0.25, 0.3) is 6.08 Å². The van der Waals surface area contributed by atoms with Crippen molar-refractivity contribution in [3.63, 3.8) is 0 Å². The average Bonchev–Trinajstić information content (AvgIpc) is 2.15. The monoisotopic (exact) mass is 270 g/mol. The quantitative estimate of drug-likeness (QED) is 0.627. The van der Waals surface area contributed by atoms with Gasteiger partial charge in [0.2, 0.25) is 0 Å². The van der Waals surface area contributed by atoms with Crippen molar-refractivity contribution in [3.8, 4) is 0 Å². The van der Waals surface area contributed by atoms with Crippen LogP contribution in [-0.2, 0) is 0 Å². The van der Waals surface area contributed by atoms with Gasteiger partial charge in [0.1, 0.15) is 0 Å². The summed E-state index contributed by atoms with van der Waals surface area (Å²) in [4.78, 5) is 12.2. The van der Waals surface area contributed by atoms with Crippen LogP contribution >= 0.6 is 15.9 Å². The summed E-state index contributed by atoms with van der Waals surface area (Å²) in [5.74, 6) is 0. The molecule has 0 bridgehead atoms. The predicted molar refractivity (Wildman–Crippen MR) is 63.5 cm³/mol. The SMILES string of the molecule is CN(C)/C=C/c1ccc(Br)cc1[N+](=O)[O-]. The molecule has 15 heavy (non-hydrogen) atoms. The molecule has 0 radical (unpaired) electrons. The molecule has 0 amide bonds. The molecule has 0 atom stereocenters. The van der Waals surface area contributed by atoms with Crippen LogP contribution in [0.4, 0.5) is 5.69 Å². The minimum Gasteiger partial charge on any atom is -0.383 e. The van der Waals surface area contributed by atoms with E-state index in [1.165, 1.54) is 6.07 Å². The second-order valence-electron chi connectivity index (χ2n) is 3.24. The van der Waals surface area contributed by atoms with Crippen LogP contribution in [0.15, 0.2) is 28.9 Å². The van der Waals surface area contributed by atoms with E-state index in [-0.39, 0.29) is 10.6 Å². The molecule has 1 aromatic carbocycles. The molecule has 0 unspecified atom stereocenters. The lowest BCUT2D eigenvalue weighted by atomic mass is 10.2. The largest absolute Gasteiger partial charge is 0.383 e. The van der Waals surface area contributed by atoms with E-state index in [4.69, 9.17) is 0 Å². The highest BCUT2D eigenvalue weighted by atomic mass is 79.9. The minimum absolute atomic E-state index is 0.0995. The van der Waals surface area contributed by atoms with Gasteiger partial charge in [-0.25, -0.2) is 0 Å². The summed E-state index contributed by atoms with van der Waals surface area (Å²) in [6, 6.07) is 4.99. The number of nitro groups is 1. The van der Waals surface area contributed by atoms with Crippen LogP contribution in [-0.4, -0.2) is 23.9 Å². The third-order valence-electron chi connectivity index (χ3n) is 1.74. The maximum absolute atomic E-state index is 10.8. The van der Waals surface area contributed by atoms with E-state index in [1.54, 1.807) is 24.4 Å². The number of nitro benzene ring substituents is 1. The minimum atomic E-state index is -0.389. The number of benzene rings is 1. The number of hydrogen-bond acceptors (Lipinski definition) is 3. The molecule has 0 heterocycles. The van der Waals surface area contributed by atoms with E-state index >= 15 is 0 Å². The van der Waals surface area contributed by atoms with Crippen molar-refractivity contribution in [1.29, 1.82) is 0 Å². The molecule has 0 saturated heterocycles. The van der Waals surface area contributed by atoms with Crippen molar-refractivity contribution in [2.45, 2.75) is 0 Å². The molecular weight excluding hydrogens is 260 g/mol. The van der Waals surface area contributed by atoms with Crippen LogP contribution in [0.3, 0.4) is 0 Å². The summed E-state index contributed by atoms with van der Waals surface area (Å²) in [7, 11) is 3.72. The zero-order valence-electron chi connectivity index (χ0n) is 8.48. The van der Waals surface area contributed by atoms with Gasteiger partial charge in [0.25, 0.3) is 5.69 Å². The summed E-state index contributed by atoms with van der Waals surface area (Å²) < 4.78 is 0.705. The Balaban J connectivity index is 3.12. The fraction of sp³-hybridized carbons (Fsp3) is 0.200. The Morgan fingerprint density at radius 1 is 1.47 bits per heavy atom. The predicted octanol–water partition coefficient (Wildman–Crippen LogP) is 2.89. The lowest BCUT2D eigenvalue weighted by Gasteiger charge is -2.03. The number of hydrogen-bond donors (Lipinski definition) is 0. The van der Waals surface area contributed by atoms with E-state index in [9.17, 15) is 10.1 Å². The van der Waals surface area contributed by atoms with Gasteiger partial charge in [0.05, 0.1) is 10.5 Å². The Labute approximate surface area is 96.5 Å². The molecule has 4 nitrogen and oxygen atoms in total. The van der Waals surface area contributed by atoms with Gasteiger partial charge in [-0.1, -0.05) is 15.9 Å². The molecule has 1 rings (SSSR count). The molecule has 0 aliphatic rings. The van der Waals surface area contributed by atoms with Gasteiger partial charge >= 0.3 is 0 Å². The fourth-order valence-corrected chi connectivity index (χ4v) is 1.39. The Bertz CT molecular complexity index is 402. The summed E-state index contributed by atoms with van der Waals surface area (Å²) in [5, 5.41) is 10.8. The van der Waals surface area contributed by atoms with E-state index in [1.807, 2.05) is 19.0 Å². The second-order valence-corrected chi connectivity index (χ2v) is 4.16. The van der Waals surface area contributed by atoms with Crippen molar-refractivity contribution >= 4 is 27.7 Å². The molecule has 80 valence electrons.